The van der Waals surface area contributed by atoms with Gasteiger partial charge in [-0.05, 0) is 124 Å². The molecule has 1 aliphatic rings. The van der Waals surface area contributed by atoms with Crippen LogP contribution in [0.4, 0.5) is 0 Å². The second kappa shape index (κ2) is 65.4. The second-order valence-electron chi connectivity index (χ2n) is 42.6. The molecular formula is C94H171N27O. The standard InChI is InChI=1S/C8H17NO.C7H6N2.3C6H5N3.C5H4N4.9C5H12.2C3H4N2.C2H3N3.CH2N4.2CH4/c1-8(2,3)9-4-6-10-7-5-9;1-2-4-7-6(3-1)5-8-9-7;1-2-7-4-6-5(1)3-8-9-6;1-2-5-4-8-9-6(5)7-3-1;1-2-4-6-5(3-1)7-9-8-6;1-2-4-5(6-3-1)8-9-7-4;9*1-5(2,3)4;1-2-5-3-4-1;3*1-2-4-5-3-1;;/h4-7H2,1-3H3;1-5H,(H,8,9);1-4H,(H,8,9);2*1-4H,(H,7,8,9);1-3H,(H,6,7,8,9);9*1-4H3;2*1-3H,(H,4,5);1-2H,(H,3,4,5);1H,(H,2,3,4,5);2*1H4. The Hall–Kier alpha value is -10.3. The van der Waals surface area contributed by atoms with Gasteiger partial charge in [-0.1, -0.05) is 300 Å². The highest BCUT2D eigenvalue weighted by Crippen LogP contribution is 2.16. The summed E-state index contributed by atoms with van der Waals surface area (Å²) >= 11 is 0. The number of nitrogens with one attached hydrogen (secondary N) is 9. The maximum Gasteiger partial charge on any atom is 0.201 e. The lowest BCUT2D eigenvalue weighted by molar-refractivity contribution is -0.00389. The highest BCUT2D eigenvalue weighted by Gasteiger charge is 2.22. The van der Waals surface area contributed by atoms with Crippen molar-refractivity contribution in [2.75, 3.05) is 26.3 Å². The first-order valence-electron chi connectivity index (χ1n) is 40.8. The van der Waals surface area contributed by atoms with Crippen molar-refractivity contribution in [1.29, 1.82) is 0 Å². The number of H-pyrrole nitrogens is 9. The molecule has 13 heterocycles. The van der Waals surface area contributed by atoms with Gasteiger partial charge < -0.3 is 9.72 Å². The van der Waals surface area contributed by atoms with Crippen molar-refractivity contribution >= 4 is 55.0 Å². The normalized spacial score (nSPS) is 11.4. The van der Waals surface area contributed by atoms with Crippen LogP contribution >= 0.6 is 0 Å². The summed E-state index contributed by atoms with van der Waals surface area (Å²) in [5.41, 5.74) is 11.0. The number of fused-ring (bicyclic) bond motifs is 5. The molecule has 1 aliphatic heterocycles. The highest BCUT2D eigenvalue weighted by atomic mass is 16.5. The SMILES string of the molecule is C.C.CC(C)(C)C.CC(C)(C)C.CC(C)(C)C.CC(C)(C)C.CC(C)(C)C.CC(C)(C)C.CC(C)(C)C.CC(C)(C)C.CC(C)(C)C.CC(C)(C)N1CCOCC1.c1c[nH]cn1.c1cc2cn[nH]c2cn1.c1ccc2[nH]ncc2c1.c1ccc2n[nH]nc2c1.c1cn[nH]c1.c1cn[nH]n1.c1cnc2[nH]ncc2c1.c1cnc2n[nH]nc2c1.c1nn[nH]n1. The predicted octanol–water partition coefficient (Wildman–Crippen LogP) is 25.5. The van der Waals surface area contributed by atoms with E-state index in [1.54, 1.807) is 80.7 Å². The summed E-state index contributed by atoms with van der Waals surface area (Å²) in [7, 11) is 0. The summed E-state index contributed by atoms with van der Waals surface area (Å²) in [6.45, 7) is 89.5. The van der Waals surface area contributed by atoms with Crippen LogP contribution in [0.25, 0.3) is 55.0 Å². The molecule has 1 fully saturated rings. The summed E-state index contributed by atoms with van der Waals surface area (Å²) in [6, 6.07) is 27.0. The number of nitrogens with zero attached hydrogens (tertiary/aromatic N) is 18. The van der Waals surface area contributed by atoms with Crippen molar-refractivity contribution in [2.45, 2.75) is 290 Å². The van der Waals surface area contributed by atoms with Gasteiger partial charge in [0, 0.05) is 78.2 Å². The maximum absolute atomic E-state index is 5.25. The molecule has 2 aromatic carbocycles. The fourth-order valence-corrected chi connectivity index (χ4v) is 5.88. The minimum absolute atomic E-state index is 0. The quantitative estimate of drug-likeness (QED) is 0.0681. The number of tetrazole rings is 1. The Balaban J connectivity index is -0.000000293. The minimum atomic E-state index is 0. The van der Waals surface area contributed by atoms with Gasteiger partial charge in [0.2, 0.25) is 5.65 Å². The Morgan fingerprint density at radius 3 is 1.07 bits per heavy atom. The van der Waals surface area contributed by atoms with Crippen molar-refractivity contribution in [3.05, 3.63) is 178 Å². The molecule has 0 saturated carbocycles. The summed E-state index contributed by atoms with van der Waals surface area (Å²) in [5.74, 6) is 0. The van der Waals surface area contributed by atoms with Gasteiger partial charge in [0.05, 0.1) is 67.8 Å². The minimum Gasteiger partial charge on any atom is -0.379 e. The second-order valence-corrected chi connectivity index (χ2v) is 42.6. The smallest absolute Gasteiger partial charge is 0.201 e. The van der Waals surface area contributed by atoms with Gasteiger partial charge in [0.25, 0.3) is 0 Å². The molecule has 0 unspecified atom stereocenters. The molecule has 0 atom stereocenters. The van der Waals surface area contributed by atoms with Crippen LogP contribution in [-0.2, 0) is 4.74 Å². The van der Waals surface area contributed by atoms with Crippen LogP contribution in [0.1, 0.15) is 285 Å². The molecule has 14 aromatic rings. The van der Waals surface area contributed by atoms with Gasteiger partial charge in [-0.25, -0.2) is 15.0 Å². The number of pyridine rings is 3. The molecule has 28 nitrogen and oxygen atoms in total. The number of ether oxygens (including phenoxy) is 1. The average molecular weight is 1700 g/mol. The van der Waals surface area contributed by atoms with E-state index in [9.17, 15) is 0 Å². The van der Waals surface area contributed by atoms with Crippen LogP contribution in [0, 0.1) is 48.7 Å². The average Bonchev–Trinajstić information content (AvgIpc) is 1.71. The number of rotatable bonds is 0. The third-order valence-electron chi connectivity index (χ3n) is 9.49. The number of aromatic amines is 9. The van der Waals surface area contributed by atoms with Crippen LogP contribution in [-0.4, -0.2) is 169 Å². The van der Waals surface area contributed by atoms with E-state index in [2.05, 4.69) is 407 Å². The van der Waals surface area contributed by atoms with Crippen molar-refractivity contribution in [1.82, 2.24) is 137 Å². The number of aromatic nitrogens is 26. The van der Waals surface area contributed by atoms with E-state index in [-0.39, 0.29) is 14.9 Å². The summed E-state index contributed by atoms with van der Waals surface area (Å²) in [6.07, 6.45) is 25.3. The zero-order valence-electron chi connectivity index (χ0n) is 81.5. The largest absolute Gasteiger partial charge is 0.379 e. The summed E-state index contributed by atoms with van der Waals surface area (Å²) in [5, 5.41) is 71.4. The predicted molar refractivity (Wildman–Crippen MR) is 519 cm³/mol. The van der Waals surface area contributed by atoms with Crippen molar-refractivity contribution < 1.29 is 4.74 Å². The van der Waals surface area contributed by atoms with E-state index in [0.717, 1.165) is 75.7 Å². The molecular weight excluding hydrogens is 1520 g/mol. The van der Waals surface area contributed by atoms with Gasteiger partial charge >= 0.3 is 0 Å². The van der Waals surface area contributed by atoms with Crippen molar-refractivity contribution in [3.8, 4) is 0 Å². The van der Waals surface area contributed by atoms with Gasteiger partial charge in [-0.15, -0.1) is 15.3 Å². The number of hydrogen-bond acceptors (Lipinski definition) is 19. The van der Waals surface area contributed by atoms with Crippen LogP contribution in [0.2, 0.25) is 0 Å². The number of imidazole rings is 1. The molecule has 0 aliphatic carbocycles. The summed E-state index contributed by atoms with van der Waals surface area (Å²) < 4.78 is 5.25. The van der Waals surface area contributed by atoms with Crippen LogP contribution in [0.5, 0.6) is 0 Å². The molecule has 12 aromatic heterocycles. The fourth-order valence-electron chi connectivity index (χ4n) is 5.88. The molecule has 1 saturated heterocycles. The van der Waals surface area contributed by atoms with Gasteiger partial charge in [0.15, 0.2) is 12.0 Å². The molecule has 0 bridgehead atoms. The number of benzene rings is 2. The molecule has 15 rings (SSSR count). The van der Waals surface area contributed by atoms with Crippen LogP contribution < -0.4 is 0 Å². The van der Waals surface area contributed by atoms with Crippen LogP contribution in [0.3, 0.4) is 0 Å². The molecule has 688 valence electrons. The Labute approximate surface area is 737 Å². The van der Waals surface area contributed by atoms with Crippen molar-refractivity contribution in [2.24, 2.45) is 48.7 Å². The Kier molecular flexibility index (Phi) is 65.6. The molecule has 0 amide bonds. The third-order valence-corrected chi connectivity index (χ3v) is 9.49. The van der Waals surface area contributed by atoms with E-state index >= 15 is 0 Å². The lowest BCUT2D eigenvalue weighted by Crippen LogP contribution is -2.47. The molecule has 0 spiro atoms. The molecule has 0 radical (unpaired) electrons. The van der Waals surface area contributed by atoms with E-state index < -0.39 is 0 Å². The first-order chi connectivity index (χ1) is 54.9. The van der Waals surface area contributed by atoms with Crippen molar-refractivity contribution in [3.63, 3.8) is 0 Å². The first-order valence-corrected chi connectivity index (χ1v) is 40.8. The van der Waals surface area contributed by atoms with E-state index in [4.69, 9.17) is 4.74 Å². The maximum atomic E-state index is 5.25. The zero-order chi connectivity index (χ0) is 92.8. The highest BCUT2D eigenvalue weighted by molar-refractivity contribution is 5.77. The van der Waals surface area contributed by atoms with Gasteiger partial charge in [-0.3, -0.25) is 30.3 Å². The summed E-state index contributed by atoms with van der Waals surface area (Å²) in [4.78, 5) is 20.7. The Bertz CT molecular complexity index is 3490. The number of para-hydroxylation sites is 3. The third kappa shape index (κ3) is 110. The fraction of sp³-hybridized carbons (Fsp3) is 0.585. The molecule has 122 heavy (non-hydrogen) atoms. The lowest BCUT2D eigenvalue weighted by atomic mass is 10.0. The van der Waals surface area contributed by atoms with Gasteiger partial charge in [0.1, 0.15) is 16.6 Å². The lowest BCUT2D eigenvalue weighted by Gasteiger charge is -2.38. The van der Waals surface area contributed by atoms with Crippen LogP contribution in [0.15, 0.2) is 178 Å². The Morgan fingerprint density at radius 2 is 0.730 bits per heavy atom. The molecule has 28 heteroatoms. The van der Waals surface area contributed by atoms with Gasteiger partial charge in [-0.2, -0.15) is 66.7 Å². The zero-order valence-corrected chi connectivity index (χ0v) is 81.5. The number of hydrogen-bond donors (Lipinski definition) is 9. The van der Waals surface area contributed by atoms with E-state index in [1.807, 2.05) is 91.1 Å². The van der Waals surface area contributed by atoms with E-state index in [0.29, 0.717) is 59.9 Å². The number of morpholine rings is 1. The topological polar surface area (TPSA) is 374 Å². The monoisotopic (exact) mass is 1690 g/mol. The van der Waals surface area contributed by atoms with E-state index in [1.165, 1.54) is 6.33 Å². The Morgan fingerprint density at radius 1 is 0.320 bits per heavy atom. The molecule has 9 N–H and O–H groups in total. The first kappa shape index (κ1) is 122.